The van der Waals surface area contributed by atoms with Crippen LogP contribution in [0, 0.1) is 0 Å². The van der Waals surface area contributed by atoms with Crippen molar-refractivity contribution in [2.24, 2.45) is 0 Å². The fourth-order valence-electron chi connectivity index (χ4n) is 5.25. The highest BCUT2D eigenvalue weighted by atomic mass is 16.5. The smallest absolute Gasteiger partial charge is 0.306 e. The van der Waals surface area contributed by atoms with Gasteiger partial charge in [0, 0.05) is 37.0 Å². The van der Waals surface area contributed by atoms with Gasteiger partial charge in [-0.05, 0) is 92.4 Å². The molecule has 8 heteroatoms. The third kappa shape index (κ3) is 14.5. The highest BCUT2D eigenvalue weighted by molar-refractivity contribution is 5.69. The Hall–Kier alpha value is -1.22. The second kappa shape index (κ2) is 16.6. The first-order chi connectivity index (χ1) is 17.2. The first kappa shape index (κ1) is 31.0. The molecule has 3 heterocycles. The summed E-state index contributed by atoms with van der Waals surface area (Å²) in [6.45, 7) is 14.8. The van der Waals surface area contributed by atoms with Gasteiger partial charge >= 0.3 is 11.9 Å². The van der Waals surface area contributed by atoms with Crippen LogP contribution in [0.15, 0.2) is 0 Å². The van der Waals surface area contributed by atoms with Crippen LogP contribution in [-0.4, -0.2) is 74.5 Å². The quantitative estimate of drug-likeness (QED) is 0.248. The Labute approximate surface area is 219 Å². The number of carbonyl (C=O) groups is 2. The van der Waals surface area contributed by atoms with Crippen LogP contribution in [0.3, 0.4) is 0 Å². The van der Waals surface area contributed by atoms with Crippen LogP contribution in [0.1, 0.15) is 105 Å². The molecular formula is C28H54N4O4. The average molecular weight is 511 g/mol. The molecule has 0 spiro atoms. The van der Waals surface area contributed by atoms with Crippen molar-refractivity contribution in [2.45, 2.75) is 128 Å². The van der Waals surface area contributed by atoms with Gasteiger partial charge in [-0.1, -0.05) is 25.7 Å². The molecule has 3 fully saturated rings. The van der Waals surface area contributed by atoms with Crippen molar-refractivity contribution >= 4 is 11.9 Å². The molecule has 0 amide bonds. The fourth-order valence-corrected chi connectivity index (χ4v) is 5.25. The Morgan fingerprint density at radius 2 is 0.972 bits per heavy atom. The van der Waals surface area contributed by atoms with Crippen molar-refractivity contribution in [1.29, 1.82) is 0 Å². The number of esters is 2. The number of hydrogen-bond acceptors (Lipinski definition) is 8. The highest BCUT2D eigenvalue weighted by Gasteiger charge is 2.31. The van der Waals surface area contributed by atoms with Gasteiger partial charge in [0.2, 0.25) is 0 Å². The molecule has 3 rings (SSSR count). The zero-order valence-corrected chi connectivity index (χ0v) is 23.5. The van der Waals surface area contributed by atoms with Crippen molar-refractivity contribution < 1.29 is 19.1 Å². The summed E-state index contributed by atoms with van der Waals surface area (Å²) in [5.41, 5.74) is 0.503. The number of nitrogens with one attached hydrogen (secondary N) is 4. The van der Waals surface area contributed by atoms with Gasteiger partial charge in [0.1, 0.15) is 12.2 Å². The molecule has 3 saturated heterocycles. The van der Waals surface area contributed by atoms with Gasteiger partial charge < -0.3 is 30.7 Å². The summed E-state index contributed by atoms with van der Waals surface area (Å²) < 4.78 is 11.0. The maximum Gasteiger partial charge on any atom is 0.306 e. The SMILES string of the molecule is CC1(C)CNCC(C)(C)N1.O=C(CCCCCCCCC(=O)OC1CCNCC1)OC1CCNCC1. The molecule has 0 radical (unpaired) electrons. The van der Waals surface area contributed by atoms with Gasteiger partial charge in [-0.15, -0.1) is 0 Å². The van der Waals surface area contributed by atoms with Gasteiger partial charge in [-0.2, -0.15) is 0 Å². The molecule has 0 aromatic rings. The number of unbranched alkanes of at least 4 members (excludes halogenated alkanes) is 5. The lowest BCUT2D eigenvalue weighted by atomic mass is 9.93. The molecular weight excluding hydrogens is 456 g/mol. The lowest BCUT2D eigenvalue weighted by Gasteiger charge is -2.42. The maximum absolute atomic E-state index is 11.8. The Morgan fingerprint density at radius 3 is 1.31 bits per heavy atom. The zero-order chi connectivity index (χ0) is 26.3. The van der Waals surface area contributed by atoms with E-state index < -0.39 is 0 Å². The van der Waals surface area contributed by atoms with Crippen LogP contribution >= 0.6 is 0 Å². The number of piperazine rings is 1. The van der Waals surface area contributed by atoms with Crippen molar-refractivity contribution in [3.8, 4) is 0 Å². The number of piperidine rings is 2. The normalized spacial score (nSPS) is 22.2. The molecule has 4 N–H and O–H groups in total. The van der Waals surface area contributed by atoms with E-state index >= 15 is 0 Å². The first-order valence-corrected chi connectivity index (χ1v) is 14.5. The number of rotatable bonds is 11. The largest absolute Gasteiger partial charge is 0.462 e. The summed E-state index contributed by atoms with van der Waals surface area (Å²) in [7, 11) is 0. The molecule has 0 atom stereocenters. The third-order valence-corrected chi connectivity index (χ3v) is 6.99. The van der Waals surface area contributed by atoms with E-state index in [2.05, 4.69) is 49.0 Å². The summed E-state index contributed by atoms with van der Waals surface area (Å²) in [6, 6.07) is 0. The topological polar surface area (TPSA) is 101 Å². The van der Waals surface area contributed by atoms with Crippen LogP contribution in [-0.2, 0) is 19.1 Å². The molecule has 3 aliphatic rings. The molecule has 8 nitrogen and oxygen atoms in total. The lowest BCUT2D eigenvalue weighted by Crippen LogP contribution is -2.65. The van der Waals surface area contributed by atoms with Gasteiger partial charge in [0.15, 0.2) is 0 Å². The lowest BCUT2D eigenvalue weighted by molar-refractivity contribution is -0.151. The highest BCUT2D eigenvalue weighted by Crippen LogP contribution is 2.15. The van der Waals surface area contributed by atoms with Gasteiger partial charge in [0.05, 0.1) is 0 Å². The minimum Gasteiger partial charge on any atom is -0.462 e. The summed E-state index contributed by atoms with van der Waals surface area (Å²) >= 11 is 0. The number of carbonyl (C=O) groups excluding carboxylic acids is 2. The molecule has 210 valence electrons. The van der Waals surface area contributed by atoms with E-state index in [9.17, 15) is 9.59 Å². The van der Waals surface area contributed by atoms with E-state index in [4.69, 9.17) is 9.47 Å². The molecule has 0 unspecified atom stereocenters. The molecule has 0 bridgehead atoms. The molecule has 0 aromatic carbocycles. The van der Waals surface area contributed by atoms with Crippen LogP contribution < -0.4 is 21.3 Å². The standard InChI is InChI=1S/C20H36N2O4.C8H18N2/c23-19(25-17-9-13-21-14-10-17)7-5-3-1-2-4-6-8-20(24)26-18-11-15-22-16-12-18;1-7(2)5-9-6-8(3,4)10-7/h17-18,21-22H,1-16H2;9-10H,5-6H2,1-4H3. The minimum absolute atomic E-state index is 0.0439. The monoisotopic (exact) mass is 510 g/mol. The van der Waals surface area contributed by atoms with E-state index in [-0.39, 0.29) is 35.2 Å². The predicted molar refractivity (Wildman–Crippen MR) is 145 cm³/mol. The average Bonchev–Trinajstić information content (AvgIpc) is 2.81. The maximum atomic E-state index is 11.8. The van der Waals surface area contributed by atoms with Crippen molar-refractivity contribution in [3.05, 3.63) is 0 Å². The van der Waals surface area contributed by atoms with E-state index in [1.54, 1.807) is 0 Å². The van der Waals surface area contributed by atoms with Gasteiger partial charge in [-0.25, -0.2) is 0 Å². The molecule has 0 aliphatic carbocycles. The Kier molecular flexibility index (Phi) is 14.3. The Balaban J connectivity index is 0.000000380. The van der Waals surface area contributed by atoms with E-state index in [1.807, 2.05) is 0 Å². The summed E-state index contributed by atoms with van der Waals surface area (Å²) in [5, 5.41) is 13.5. The van der Waals surface area contributed by atoms with Gasteiger partial charge in [-0.3, -0.25) is 9.59 Å². The van der Waals surface area contributed by atoms with Gasteiger partial charge in [0.25, 0.3) is 0 Å². The molecule has 36 heavy (non-hydrogen) atoms. The number of ether oxygens (including phenoxy) is 2. The van der Waals surface area contributed by atoms with Crippen LogP contribution in [0.5, 0.6) is 0 Å². The number of hydrogen-bond donors (Lipinski definition) is 4. The van der Waals surface area contributed by atoms with E-state index in [0.717, 1.165) is 103 Å². The van der Waals surface area contributed by atoms with E-state index in [0.29, 0.717) is 12.8 Å². The molecule has 3 aliphatic heterocycles. The van der Waals surface area contributed by atoms with Crippen molar-refractivity contribution in [2.75, 3.05) is 39.3 Å². The molecule has 0 aromatic heterocycles. The Morgan fingerprint density at radius 1 is 0.611 bits per heavy atom. The van der Waals surface area contributed by atoms with Crippen molar-refractivity contribution in [3.63, 3.8) is 0 Å². The summed E-state index contributed by atoms with van der Waals surface area (Å²) in [5.74, 6) is -0.0879. The molecule has 0 saturated carbocycles. The minimum atomic E-state index is -0.0439. The van der Waals surface area contributed by atoms with Crippen LogP contribution in [0.4, 0.5) is 0 Å². The fraction of sp³-hybridized carbons (Fsp3) is 0.929. The van der Waals surface area contributed by atoms with Crippen LogP contribution in [0.2, 0.25) is 0 Å². The van der Waals surface area contributed by atoms with Crippen LogP contribution in [0.25, 0.3) is 0 Å². The first-order valence-electron chi connectivity index (χ1n) is 14.5. The third-order valence-electron chi connectivity index (χ3n) is 6.99. The van der Waals surface area contributed by atoms with E-state index in [1.165, 1.54) is 0 Å². The second-order valence-corrected chi connectivity index (χ2v) is 12.0. The second-order valence-electron chi connectivity index (χ2n) is 12.0. The summed E-state index contributed by atoms with van der Waals surface area (Å²) in [4.78, 5) is 23.6. The summed E-state index contributed by atoms with van der Waals surface area (Å²) in [6.07, 6.45) is 11.2. The predicted octanol–water partition coefficient (Wildman–Crippen LogP) is 3.43. The Bertz CT molecular complexity index is 577. The van der Waals surface area contributed by atoms with Crippen molar-refractivity contribution in [1.82, 2.24) is 21.3 Å². The zero-order valence-electron chi connectivity index (χ0n) is 23.5.